The quantitative estimate of drug-likeness (QED) is 0.364. The fourth-order valence-corrected chi connectivity index (χ4v) is 9.48. The molecule has 1 N–H and O–H groups in total. The Morgan fingerprint density at radius 1 is 0.936 bits per heavy atom. The molecule has 7 rings (SSSR count). The van der Waals surface area contributed by atoms with Crippen molar-refractivity contribution in [2.75, 3.05) is 31.1 Å². The van der Waals surface area contributed by atoms with Crippen LogP contribution in [0.5, 0.6) is 0 Å². The zero-order valence-electron chi connectivity index (χ0n) is 26.2. The number of aliphatic hydroxyl groups is 1. The van der Waals surface area contributed by atoms with Crippen LogP contribution >= 0.6 is 0 Å². The molecule has 0 spiro atoms. The number of ketones is 1. The largest absolute Gasteiger partial charge is 0.456 e. The van der Waals surface area contributed by atoms with E-state index < -0.39 is 41.4 Å². The van der Waals surface area contributed by atoms with Crippen LogP contribution in [0.25, 0.3) is 0 Å². The summed E-state index contributed by atoms with van der Waals surface area (Å²) in [6, 6.07) is 10.8. The number of benzene rings is 1. The average molecular weight is 656 g/mol. The minimum Gasteiger partial charge on any atom is -0.383 e. The van der Waals surface area contributed by atoms with Crippen LogP contribution in [0.15, 0.2) is 71.6 Å². The van der Waals surface area contributed by atoms with Crippen molar-refractivity contribution in [3.8, 4) is 0 Å². The number of amides is 1. The number of carbonyl (C=O) groups excluding carboxylic acids is 2. The van der Waals surface area contributed by atoms with Gasteiger partial charge in [-0.05, 0) is 97.4 Å². The molecule has 11 heteroatoms. The Bertz CT molecular complexity index is 1630. The van der Waals surface area contributed by atoms with Gasteiger partial charge in [0.25, 0.3) is 5.91 Å². The Labute approximate surface area is 270 Å². The van der Waals surface area contributed by atoms with E-state index in [1.54, 1.807) is 47.6 Å². The lowest BCUT2D eigenvalue weighted by atomic mass is 9.50. The van der Waals surface area contributed by atoms with Crippen LogP contribution < -0.4 is 4.90 Å². The molecule has 250 valence electrons. The number of nitrogens with zero attached hydrogens (tertiary/aromatic N) is 3. The Morgan fingerprint density at radius 2 is 1.62 bits per heavy atom. The van der Waals surface area contributed by atoms with E-state index >= 15 is 8.78 Å². The summed E-state index contributed by atoms with van der Waals surface area (Å²) in [7, 11) is 0. The second kappa shape index (κ2) is 11.2. The predicted octanol–water partition coefficient (Wildman–Crippen LogP) is 6.87. The van der Waals surface area contributed by atoms with Crippen molar-refractivity contribution >= 4 is 17.4 Å². The number of aromatic nitrogens is 1. The standard InChI is InChI=1S/C36H38F5N3O3/c1-33-21-29(22-2-4-23(5-3-22)32(46)44-18-16-43(17-19-44)25-11-14-42-15-12-25)31-27-9-7-26(45)20-24(27)6-8-28(31)30(33)10-13-34(33,47)35(37,38)36(39,40)41/h2-5,11-12,14-15,20,28-30,47H,6-10,13,16-19,21H2,1H3/t28-,29+,30-,33-,34-/m0/s1. The van der Waals surface area contributed by atoms with E-state index in [9.17, 15) is 27.9 Å². The third-order valence-electron chi connectivity index (χ3n) is 11.9. The maximum Gasteiger partial charge on any atom is 0.456 e. The Balaban J connectivity index is 1.21. The molecule has 4 aliphatic carbocycles. The van der Waals surface area contributed by atoms with Crippen molar-refractivity contribution in [3.63, 3.8) is 0 Å². The molecule has 3 fully saturated rings. The van der Waals surface area contributed by atoms with Crippen molar-refractivity contribution in [2.45, 2.75) is 75.5 Å². The number of piperazine rings is 1. The molecule has 0 radical (unpaired) electrons. The lowest BCUT2D eigenvalue weighted by molar-refractivity contribution is -0.362. The molecule has 1 aromatic heterocycles. The SMILES string of the molecule is C[C@]12C[C@H](c3ccc(C(=O)N4CCN(c5ccncc5)CC4)cc3)C3=C4CCC(=O)C=C4CC[C@H]3[C@@H]1CC[C@@]2(O)C(F)(F)C(F)(F)F. The number of allylic oxidation sites excluding steroid dienone is 4. The second-order valence-electron chi connectivity index (χ2n) is 14.1. The summed E-state index contributed by atoms with van der Waals surface area (Å²) in [5, 5.41) is 11.5. The van der Waals surface area contributed by atoms with Crippen LogP contribution in [0.4, 0.5) is 27.6 Å². The van der Waals surface area contributed by atoms with Gasteiger partial charge in [0.2, 0.25) is 0 Å². The van der Waals surface area contributed by atoms with Crippen molar-refractivity contribution in [3.05, 3.63) is 82.7 Å². The molecule has 6 nitrogen and oxygen atoms in total. The van der Waals surface area contributed by atoms with E-state index in [1.807, 2.05) is 12.1 Å². The summed E-state index contributed by atoms with van der Waals surface area (Å²) < 4.78 is 72.1. The van der Waals surface area contributed by atoms with Gasteiger partial charge in [-0.2, -0.15) is 22.0 Å². The van der Waals surface area contributed by atoms with Crippen LogP contribution in [0.2, 0.25) is 0 Å². The molecule has 2 saturated carbocycles. The van der Waals surface area contributed by atoms with Gasteiger partial charge in [0, 0.05) is 67.6 Å². The lowest BCUT2D eigenvalue weighted by Gasteiger charge is -2.56. The number of halogens is 5. The van der Waals surface area contributed by atoms with Gasteiger partial charge < -0.3 is 14.9 Å². The third-order valence-corrected chi connectivity index (χ3v) is 11.9. The number of hydrogen-bond donors (Lipinski definition) is 1. The van der Waals surface area contributed by atoms with Crippen LogP contribution in [0.3, 0.4) is 0 Å². The number of hydrogen-bond acceptors (Lipinski definition) is 5. The van der Waals surface area contributed by atoms with Gasteiger partial charge in [-0.3, -0.25) is 14.6 Å². The maximum absolute atomic E-state index is 15.3. The zero-order valence-corrected chi connectivity index (χ0v) is 26.2. The predicted molar refractivity (Wildman–Crippen MR) is 165 cm³/mol. The van der Waals surface area contributed by atoms with Crippen molar-refractivity contribution < 1.29 is 36.6 Å². The Kier molecular flexibility index (Phi) is 7.65. The van der Waals surface area contributed by atoms with Gasteiger partial charge in [0.15, 0.2) is 5.78 Å². The summed E-state index contributed by atoms with van der Waals surface area (Å²) in [6.45, 7) is 3.81. The van der Waals surface area contributed by atoms with E-state index in [0.29, 0.717) is 63.0 Å². The molecular formula is C36H38F5N3O3. The molecule has 2 heterocycles. The number of fused-ring (bicyclic) bond motifs is 4. The molecule has 5 aliphatic rings. The highest BCUT2D eigenvalue weighted by Gasteiger charge is 2.79. The monoisotopic (exact) mass is 655 g/mol. The zero-order chi connectivity index (χ0) is 33.4. The average Bonchev–Trinajstić information content (AvgIpc) is 3.35. The van der Waals surface area contributed by atoms with E-state index in [2.05, 4.69) is 9.88 Å². The van der Waals surface area contributed by atoms with E-state index in [4.69, 9.17) is 0 Å². The second-order valence-corrected chi connectivity index (χ2v) is 14.1. The summed E-state index contributed by atoms with van der Waals surface area (Å²) >= 11 is 0. The number of pyridine rings is 1. The first-order valence-corrected chi connectivity index (χ1v) is 16.4. The molecule has 1 aliphatic heterocycles. The van der Waals surface area contributed by atoms with Crippen molar-refractivity contribution in [1.29, 1.82) is 0 Å². The van der Waals surface area contributed by atoms with Gasteiger partial charge >= 0.3 is 12.1 Å². The summed E-state index contributed by atoms with van der Waals surface area (Å²) in [5.41, 5.74) is 0.172. The summed E-state index contributed by atoms with van der Waals surface area (Å²) in [6.07, 6.45) is 0.430. The normalized spacial score (nSPS) is 31.3. The summed E-state index contributed by atoms with van der Waals surface area (Å²) in [4.78, 5) is 33.8. The van der Waals surface area contributed by atoms with Crippen molar-refractivity contribution in [2.24, 2.45) is 17.3 Å². The first-order valence-electron chi connectivity index (χ1n) is 16.4. The van der Waals surface area contributed by atoms with Crippen LogP contribution in [0, 0.1) is 17.3 Å². The highest BCUT2D eigenvalue weighted by molar-refractivity contribution is 5.94. The first-order chi connectivity index (χ1) is 22.2. The highest BCUT2D eigenvalue weighted by Crippen LogP contribution is 2.70. The highest BCUT2D eigenvalue weighted by atomic mass is 19.4. The molecule has 1 aromatic carbocycles. The third kappa shape index (κ3) is 4.94. The molecule has 0 unspecified atom stereocenters. The fourth-order valence-electron chi connectivity index (χ4n) is 9.48. The first kappa shape index (κ1) is 32.0. The minimum atomic E-state index is -5.90. The van der Waals surface area contributed by atoms with Gasteiger partial charge in [-0.25, -0.2) is 0 Å². The molecule has 2 aromatic rings. The maximum atomic E-state index is 15.3. The van der Waals surface area contributed by atoms with Gasteiger partial charge in [-0.15, -0.1) is 0 Å². The smallest absolute Gasteiger partial charge is 0.383 e. The molecule has 1 saturated heterocycles. The Hall–Kier alpha value is -3.60. The fraction of sp³-hybridized carbons (Fsp3) is 0.528. The Morgan fingerprint density at radius 3 is 2.28 bits per heavy atom. The van der Waals surface area contributed by atoms with E-state index in [1.165, 1.54) is 6.92 Å². The van der Waals surface area contributed by atoms with E-state index in [0.717, 1.165) is 22.4 Å². The number of alkyl halides is 5. The van der Waals surface area contributed by atoms with Crippen LogP contribution in [0.1, 0.15) is 73.7 Å². The van der Waals surface area contributed by atoms with Gasteiger partial charge in [0.05, 0.1) is 0 Å². The molecule has 47 heavy (non-hydrogen) atoms. The van der Waals surface area contributed by atoms with Gasteiger partial charge in [-0.1, -0.05) is 24.6 Å². The topological polar surface area (TPSA) is 73.7 Å². The number of carbonyl (C=O) groups is 2. The van der Waals surface area contributed by atoms with Crippen LogP contribution in [-0.2, 0) is 4.79 Å². The van der Waals surface area contributed by atoms with E-state index in [-0.39, 0.29) is 30.4 Å². The number of anilines is 1. The van der Waals surface area contributed by atoms with Gasteiger partial charge in [0.1, 0.15) is 5.60 Å². The summed E-state index contributed by atoms with van der Waals surface area (Å²) in [5.74, 6) is -6.79. The van der Waals surface area contributed by atoms with Crippen molar-refractivity contribution in [1.82, 2.24) is 9.88 Å². The molecule has 5 atom stereocenters. The lowest BCUT2D eigenvalue weighted by Crippen LogP contribution is -2.65. The molecular weight excluding hydrogens is 617 g/mol. The number of rotatable bonds is 4. The molecule has 1 amide bonds. The van der Waals surface area contributed by atoms with Crippen LogP contribution in [-0.4, -0.2) is 70.6 Å². The minimum absolute atomic E-state index is 0.0320. The molecule has 0 bridgehead atoms.